The van der Waals surface area contributed by atoms with Crippen molar-refractivity contribution in [2.75, 3.05) is 32.7 Å². The third-order valence-corrected chi connectivity index (χ3v) is 5.44. The summed E-state index contributed by atoms with van der Waals surface area (Å²) in [6.07, 6.45) is 2.17. The molecule has 0 saturated carbocycles. The summed E-state index contributed by atoms with van der Waals surface area (Å²) < 4.78 is 0. The van der Waals surface area contributed by atoms with Gasteiger partial charge in [0.05, 0.1) is 5.54 Å². The van der Waals surface area contributed by atoms with E-state index >= 15 is 0 Å². The maximum Gasteiger partial charge on any atom is 0.317 e. The summed E-state index contributed by atoms with van der Waals surface area (Å²) in [6, 6.07) is 10.5. The van der Waals surface area contributed by atoms with E-state index in [1.807, 2.05) is 23.1 Å². The molecule has 2 N–H and O–H groups in total. The van der Waals surface area contributed by atoms with E-state index in [9.17, 15) is 9.59 Å². The Hall–Kier alpha value is -2.08. The minimum absolute atomic E-state index is 0.0348. The fraction of sp³-hybridized carbons (Fsp3) is 0.600. The number of benzene rings is 1. The van der Waals surface area contributed by atoms with Crippen LogP contribution in [0.25, 0.3) is 0 Å². The molecule has 0 aromatic heterocycles. The van der Waals surface area contributed by atoms with E-state index in [1.54, 1.807) is 0 Å². The summed E-state index contributed by atoms with van der Waals surface area (Å²) in [5, 5.41) is 6.22. The van der Waals surface area contributed by atoms with Gasteiger partial charge < -0.3 is 15.5 Å². The lowest BCUT2D eigenvalue weighted by molar-refractivity contribution is -0.122. The second-order valence-corrected chi connectivity index (χ2v) is 7.78. The normalized spacial score (nSPS) is 24.0. The summed E-state index contributed by atoms with van der Waals surface area (Å²) >= 11 is 0. The van der Waals surface area contributed by atoms with Crippen molar-refractivity contribution in [1.82, 2.24) is 20.4 Å². The molecule has 1 spiro atoms. The third kappa shape index (κ3) is 4.55. The Balaban J connectivity index is 1.54. The van der Waals surface area contributed by atoms with Gasteiger partial charge in [0.15, 0.2) is 0 Å². The molecule has 6 nitrogen and oxygen atoms in total. The molecular formula is C20H30N4O2. The highest BCUT2D eigenvalue weighted by Crippen LogP contribution is 2.26. The molecule has 1 atom stereocenters. The quantitative estimate of drug-likeness (QED) is 0.860. The van der Waals surface area contributed by atoms with Crippen molar-refractivity contribution in [3.8, 4) is 0 Å². The maximum atomic E-state index is 12.5. The molecule has 0 aliphatic carbocycles. The lowest BCUT2D eigenvalue weighted by Gasteiger charge is -2.34. The van der Waals surface area contributed by atoms with Crippen LogP contribution in [-0.4, -0.2) is 66.0 Å². The Kier molecular flexibility index (Phi) is 5.81. The largest absolute Gasteiger partial charge is 0.347 e. The van der Waals surface area contributed by atoms with E-state index in [1.165, 1.54) is 5.56 Å². The Morgan fingerprint density at radius 1 is 1.23 bits per heavy atom. The van der Waals surface area contributed by atoms with Crippen LogP contribution in [0.5, 0.6) is 0 Å². The van der Waals surface area contributed by atoms with Crippen LogP contribution in [0.15, 0.2) is 30.3 Å². The molecule has 2 fully saturated rings. The first-order valence-corrected chi connectivity index (χ1v) is 9.59. The minimum Gasteiger partial charge on any atom is -0.347 e. The number of carbonyl (C=O) groups is 2. The predicted octanol–water partition coefficient (Wildman–Crippen LogP) is 1.61. The van der Waals surface area contributed by atoms with Crippen molar-refractivity contribution in [3.05, 3.63) is 35.9 Å². The number of rotatable bonds is 4. The standard InChI is InChI=1S/C20H30N4O2/c1-16(2)23-12-9-18(25)22-20(14-23)10-13-24(15-20)19(26)21-11-8-17-6-4-3-5-7-17/h3-7,16H,8-15H2,1-2H3,(H,21,26)(H,22,25). The average Bonchev–Trinajstić information content (AvgIpc) is 2.94. The monoisotopic (exact) mass is 358 g/mol. The van der Waals surface area contributed by atoms with Gasteiger partial charge in [-0.15, -0.1) is 0 Å². The highest BCUT2D eigenvalue weighted by atomic mass is 16.2. The molecule has 2 aliphatic rings. The van der Waals surface area contributed by atoms with Crippen LogP contribution < -0.4 is 10.6 Å². The van der Waals surface area contributed by atoms with Crippen LogP contribution in [0.3, 0.4) is 0 Å². The van der Waals surface area contributed by atoms with Crippen molar-refractivity contribution in [2.45, 2.75) is 44.7 Å². The Labute approximate surface area is 155 Å². The first-order valence-electron chi connectivity index (χ1n) is 9.59. The Morgan fingerprint density at radius 3 is 2.73 bits per heavy atom. The first-order chi connectivity index (χ1) is 12.5. The highest BCUT2D eigenvalue weighted by molar-refractivity contribution is 5.78. The van der Waals surface area contributed by atoms with Gasteiger partial charge in [-0.1, -0.05) is 30.3 Å². The number of hydrogen-bond donors (Lipinski definition) is 2. The summed E-state index contributed by atoms with van der Waals surface area (Å²) in [6.45, 7) is 7.80. The second-order valence-electron chi connectivity index (χ2n) is 7.78. The Morgan fingerprint density at radius 2 is 2.00 bits per heavy atom. The van der Waals surface area contributed by atoms with Crippen molar-refractivity contribution >= 4 is 11.9 Å². The molecule has 1 unspecified atom stereocenters. The van der Waals surface area contributed by atoms with Gasteiger partial charge in [-0.3, -0.25) is 9.69 Å². The zero-order chi connectivity index (χ0) is 18.6. The maximum absolute atomic E-state index is 12.5. The average molecular weight is 358 g/mol. The molecule has 2 saturated heterocycles. The number of nitrogens with one attached hydrogen (secondary N) is 2. The summed E-state index contributed by atoms with van der Waals surface area (Å²) in [4.78, 5) is 28.9. The van der Waals surface area contributed by atoms with Crippen molar-refractivity contribution in [1.29, 1.82) is 0 Å². The molecule has 3 rings (SSSR count). The first kappa shape index (κ1) is 18.7. The highest BCUT2D eigenvalue weighted by Gasteiger charge is 2.44. The van der Waals surface area contributed by atoms with Crippen molar-refractivity contribution in [3.63, 3.8) is 0 Å². The molecule has 3 amide bonds. The van der Waals surface area contributed by atoms with Gasteiger partial charge >= 0.3 is 6.03 Å². The van der Waals surface area contributed by atoms with E-state index in [0.717, 1.165) is 25.9 Å². The summed E-state index contributed by atoms with van der Waals surface area (Å²) in [5.41, 5.74) is 0.906. The number of likely N-dealkylation sites (tertiary alicyclic amines) is 1. The summed E-state index contributed by atoms with van der Waals surface area (Å²) in [5.74, 6) is 0.0967. The van der Waals surface area contributed by atoms with Crippen LogP contribution >= 0.6 is 0 Å². The third-order valence-electron chi connectivity index (χ3n) is 5.44. The predicted molar refractivity (Wildman–Crippen MR) is 102 cm³/mol. The van der Waals surface area contributed by atoms with Gasteiger partial charge in [-0.05, 0) is 32.3 Å². The number of nitrogens with zero attached hydrogens (tertiary/aromatic N) is 2. The van der Waals surface area contributed by atoms with Crippen LogP contribution in [0.2, 0.25) is 0 Å². The van der Waals surface area contributed by atoms with Crippen molar-refractivity contribution in [2.24, 2.45) is 0 Å². The van der Waals surface area contributed by atoms with E-state index < -0.39 is 0 Å². The number of carbonyl (C=O) groups excluding carboxylic acids is 2. The van der Waals surface area contributed by atoms with Gasteiger partial charge in [-0.25, -0.2) is 4.79 Å². The van der Waals surface area contributed by atoms with Gasteiger partial charge in [-0.2, -0.15) is 0 Å². The number of amides is 3. The van der Waals surface area contributed by atoms with Crippen molar-refractivity contribution < 1.29 is 9.59 Å². The molecule has 2 heterocycles. The Bertz CT molecular complexity index is 634. The van der Waals surface area contributed by atoms with Gasteiger partial charge in [0, 0.05) is 45.2 Å². The zero-order valence-electron chi connectivity index (χ0n) is 15.8. The zero-order valence-corrected chi connectivity index (χ0v) is 15.8. The fourth-order valence-electron chi connectivity index (χ4n) is 3.90. The number of urea groups is 1. The molecule has 1 aromatic rings. The molecule has 1 aromatic carbocycles. The molecule has 2 aliphatic heterocycles. The molecule has 142 valence electrons. The lowest BCUT2D eigenvalue weighted by atomic mass is 9.97. The summed E-state index contributed by atoms with van der Waals surface area (Å²) in [7, 11) is 0. The van der Waals surface area contributed by atoms with E-state index in [0.29, 0.717) is 32.1 Å². The van der Waals surface area contributed by atoms with E-state index in [2.05, 4.69) is 41.5 Å². The van der Waals surface area contributed by atoms with Crippen LogP contribution in [-0.2, 0) is 11.2 Å². The van der Waals surface area contributed by atoms with Gasteiger partial charge in [0.25, 0.3) is 0 Å². The topological polar surface area (TPSA) is 64.7 Å². The SMILES string of the molecule is CC(C)N1CCC(=O)NC2(CCN(C(=O)NCCc3ccccc3)C2)C1. The van der Waals surface area contributed by atoms with Crippen LogP contribution in [0, 0.1) is 0 Å². The van der Waals surface area contributed by atoms with Gasteiger partial charge in [0.2, 0.25) is 5.91 Å². The van der Waals surface area contributed by atoms with E-state index in [4.69, 9.17) is 0 Å². The van der Waals surface area contributed by atoms with E-state index in [-0.39, 0.29) is 17.5 Å². The van der Waals surface area contributed by atoms with Gasteiger partial charge in [0.1, 0.15) is 0 Å². The second kappa shape index (κ2) is 8.08. The fourth-order valence-corrected chi connectivity index (χ4v) is 3.90. The molecule has 26 heavy (non-hydrogen) atoms. The number of hydrogen-bond acceptors (Lipinski definition) is 3. The molecule has 6 heteroatoms. The minimum atomic E-state index is -0.311. The molecule has 0 radical (unpaired) electrons. The lowest BCUT2D eigenvalue weighted by Crippen LogP contribution is -2.56. The van der Waals surface area contributed by atoms with Crippen LogP contribution in [0.4, 0.5) is 4.79 Å². The molecular weight excluding hydrogens is 328 g/mol. The molecule has 0 bridgehead atoms. The smallest absolute Gasteiger partial charge is 0.317 e. The van der Waals surface area contributed by atoms with Crippen LogP contribution in [0.1, 0.15) is 32.3 Å².